The zero-order valence-electron chi connectivity index (χ0n) is 12.8. The smallest absolute Gasteiger partial charge is 0.0217 e. The monoisotopic (exact) mass is 304 g/mol. The molecule has 2 heteroatoms. The first kappa shape index (κ1) is 17.2. The van der Waals surface area contributed by atoms with Crippen LogP contribution < -0.4 is 0 Å². The number of thiol groups is 1. The molecule has 0 N–H and O–H groups in total. The molecule has 0 aliphatic rings. The zero-order valence-corrected chi connectivity index (χ0v) is 14.5. The minimum Gasteiger partial charge on any atom is -0.176 e. The minimum absolute atomic E-state index is 0.364. The molecular formula is C18H24S2. The van der Waals surface area contributed by atoms with E-state index in [0.717, 1.165) is 0 Å². The Hall–Kier alpha value is -0.860. The molecule has 20 heavy (non-hydrogen) atoms. The number of rotatable bonds is 6. The second-order valence-electron chi connectivity index (χ2n) is 4.95. The summed E-state index contributed by atoms with van der Waals surface area (Å²) in [5.74, 6) is 0.462. The van der Waals surface area contributed by atoms with Gasteiger partial charge in [0.25, 0.3) is 0 Å². The lowest BCUT2D eigenvalue weighted by Gasteiger charge is -2.16. The third-order valence-electron chi connectivity index (χ3n) is 3.40. The summed E-state index contributed by atoms with van der Waals surface area (Å²) in [6.07, 6.45) is 4.20. The van der Waals surface area contributed by atoms with Crippen LogP contribution in [0.1, 0.15) is 44.7 Å². The van der Waals surface area contributed by atoms with Crippen LogP contribution in [0, 0.1) is 0 Å². The molecule has 0 aromatic heterocycles. The SMILES string of the molecule is C=CS/C(=C(C)\C=C\C)c1ccc(C(C)[C@H](C)S)cc1. The van der Waals surface area contributed by atoms with Gasteiger partial charge in [0.2, 0.25) is 0 Å². The highest BCUT2D eigenvalue weighted by Crippen LogP contribution is 2.33. The molecule has 1 unspecified atom stereocenters. The van der Waals surface area contributed by atoms with Crippen molar-refractivity contribution >= 4 is 29.3 Å². The van der Waals surface area contributed by atoms with E-state index in [-0.39, 0.29) is 0 Å². The molecule has 1 aromatic rings. The Bertz CT molecular complexity index is 493. The molecule has 108 valence electrons. The van der Waals surface area contributed by atoms with E-state index in [1.807, 2.05) is 12.3 Å². The lowest BCUT2D eigenvalue weighted by molar-refractivity contribution is 0.755. The predicted octanol–water partition coefficient (Wildman–Crippen LogP) is 6.29. The standard InChI is InChI=1S/C18H24S2/c1-6-8-13(3)18(20-7-2)17-11-9-16(10-12-17)14(4)15(5)19/h6-12,14-15,19H,2H2,1,3-5H3/b8-6+,18-13-/t14?,15-/m0/s1. The maximum absolute atomic E-state index is 4.53. The lowest BCUT2D eigenvalue weighted by atomic mass is 9.97. The van der Waals surface area contributed by atoms with E-state index in [9.17, 15) is 0 Å². The molecule has 1 rings (SSSR count). The maximum Gasteiger partial charge on any atom is 0.0217 e. The maximum atomic E-state index is 4.53. The highest BCUT2D eigenvalue weighted by Gasteiger charge is 2.11. The van der Waals surface area contributed by atoms with Crippen LogP contribution in [0.2, 0.25) is 0 Å². The van der Waals surface area contributed by atoms with Gasteiger partial charge in [0, 0.05) is 10.2 Å². The van der Waals surface area contributed by atoms with Gasteiger partial charge in [-0.3, -0.25) is 0 Å². The second-order valence-corrected chi connectivity index (χ2v) is 6.74. The highest BCUT2D eigenvalue weighted by atomic mass is 32.2. The first-order valence-electron chi connectivity index (χ1n) is 6.90. The van der Waals surface area contributed by atoms with Crippen molar-refractivity contribution < 1.29 is 0 Å². The van der Waals surface area contributed by atoms with E-state index >= 15 is 0 Å². The average molecular weight is 305 g/mol. The highest BCUT2D eigenvalue weighted by molar-refractivity contribution is 8.10. The Morgan fingerprint density at radius 3 is 2.30 bits per heavy atom. The fourth-order valence-corrected chi connectivity index (χ4v) is 2.88. The van der Waals surface area contributed by atoms with Crippen LogP contribution >= 0.6 is 24.4 Å². The van der Waals surface area contributed by atoms with Gasteiger partial charge < -0.3 is 0 Å². The first-order chi connectivity index (χ1) is 9.51. The molecule has 2 atom stereocenters. The molecule has 0 fully saturated rings. The van der Waals surface area contributed by atoms with Gasteiger partial charge in [-0.15, -0.1) is 0 Å². The molecule has 0 nitrogen and oxygen atoms in total. The molecule has 0 saturated heterocycles. The number of thioether (sulfide) groups is 1. The molecule has 0 spiro atoms. The fraction of sp³-hybridized carbons (Fsp3) is 0.333. The van der Waals surface area contributed by atoms with E-state index < -0.39 is 0 Å². The third kappa shape index (κ3) is 4.60. The Morgan fingerprint density at radius 1 is 1.25 bits per heavy atom. The second kappa shape index (κ2) is 8.43. The van der Waals surface area contributed by atoms with Crippen molar-refractivity contribution in [3.63, 3.8) is 0 Å². The molecule has 0 aliphatic carbocycles. The van der Waals surface area contributed by atoms with Gasteiger partial charge in [0.1, 0.15) is 0 Å². The van der Waals surface area contributed by atoms with Crippen molar-refractivity contribution in [2.24, 2.45) is 0 Å². The molecule has 0 amide bonds. The summed E-state index contributed by atoms with van der Waals surface area (Å²) < 4.78 is 0. The number of hydrogen-bond donors (Lipinski definition) is 1. The summed E-state index contributed by atoms with van der Waals surface area (Å²) >= 11 is 6.20. The van der Waals surface area contributed by atoms with Crippen LogP contribution in [0.15, 0.2) is 54.0 Å². The summed E-state index contributed by atoms with van der Waals surface area (Å²) in [6.45, 7) is 12.4. The van der Waals surface area contributed by atoms with E-state index in [4.69, 9.17) is 0 Å². The quantitative estimate of drug-likeness (QED) is 0.476. The van der Waals surface area contributed by atoms with Crippen molar-refractivity contribution in [3.8, 4) is 0 Å². The van der Waals surface area contributed by atoms with Gasteiger partial charge in [-0.1, -0.05) is 68.6 Å². The van der Waals surface area contributed by atoms with Crippen molar-refractivity contribution in [2.75, 3.05) is 0 Å². The average Bonchev–Trinajstić information content (AvgIpc) is 2.44. The molecular weight excluding hydrogens is 280 g/mol. The molecule has 0 heterocycles. The molecule has 1 aromatic carbocycles. The van der Waals surface area contributed by atoms with Crippen LogP contribution in [-0.2, 0) is 0 Å². The first-order valence-corrected chi connectivity index (χ1v) is 8.30. The number of benzene rings is 1. The normalized spacial score (nSPS) is 15.8. The summed E-state index contributed by atoms with van der Waals surface area (Å²) in [5.41, 5.74) is 3.84. The van der Waals surface area contributed by atoms with Crippen molar-refractivity contribution in [3.05, 3.63) is 65.1 Å². The van der Waals surface area contributed by atoms with E-state index in [2.05, 4.69) is 76.4 Å². The van der Waals surface area contributed by atoms with Crippen LogP contribution in [0.4, 0.5) is 0 Å². The fourth-order valence-electron chi connectivity index (χ4n) is 2.01. The predicted molar refractivity (Wildman–Crippen MR) is 98.5 cm³/mol. The molecule has 0 radical (unpaired) electrons. The van der Waals surface area contributed by atoms with Crippen LogP contribution in [-0.4, -0.2) is 5.25 Å². The molecule has 0 saturated carbocycles. The van der Waals surface area contributed by atoms with Crippen molar-refractivity contribution in [1.29, 1.82) is 0 Å². The Labute approximate surface area is 133 Å². The Kier molecular flexibility index (Phi) is 7.25. The van der Waals surface area contributed by atoms with Crippen LogP contribution in [0.3, 0.4) is 0 Å². The van der Waals surface area contributed by atoms with Gasteiger partial charge in [-0.25, -0.2) is 0 Å². The minimum atomic E-state index is 0.364. The van der Waals surface area contributed by atoms with E-state index in [1.54, 1.807) is 11.8 Å². The summed E-state index contributed by atoms with van der Waals surface area (Å²) in [7, 11) is 0. The van der Waals surface area contributed by atoms with Crippen molar-refractivity contribution in [1.82, 2.24) is 0 Å². The lowest BCUT2D eigenvalue weighted by Crippen LogP contribution is -2.04. The largest absolute Gasteiger partial charge is 0.176 e. The summed E-state index contributed by atoms with van der Waals surface area (Å²) in [5, 5.41) is 2.25. The van der Waals surface area contributed by atoms with Crippen LogP contribution in [0.5, 0.6) is 0 Å². The van der Waals surface area contributed by atoms with Gasteiger partial charge >= 0.3 is 0 Å². The van der Waals surface area contributed by atoms with Gasteiger partial charge in [-0.05, 0) is 41.9 Å². The molecule has 0 bridgehead atoms. The zero-order chi connectivity index (χ0) is 15.1. The van der Waals surface area contributed by atoms with Crippen LogP contribution in [0.25, 0.3) is 4.91 Å². The van der Waals surface area contributed by atoms with E-state index in [0.29, 0.717) is 11.2 Å². The molecule has 0 aliphatic heterocycles. The Balaban J connectivity index is 3.12. The Morgan fingerprint density at radius 2 is 1.85 bits per heavy atom. The number of hydrogen-bond acceptors (Lipinski definition) is 2. The number of allylic oxidation sites excluding steroid dienone is 3. The van der Waals surface area contributed by atoms with Gasteiger partial charge in [0.05, 0.1) is 0 Å². The van der Waals surface area contributed by atoms with Gasteiger partial charge in [-0.2, -0.15) is 12.6 Å². The summed E-state index contributed by atoms with van der Waals surface area (Å²) in [4.78, 5) is 1.26. The third-order valence-corrected chi connectivity index (χ3v) is 4.81. The summed E-state index contributed by atoms with van der Waals surface area (Å²) in [6, 6.07) is 8.81. The van der Waals surface area contributed by atoms with Gasteiger partial charge in [0.15, 0.2) is 0 Å². The van der Waals surface area contributed by atoms with Crippen molar-refractivity contribution in [2.45, 2.75) is 38.9 Å². The topological polar surface area (TPSA) is 0 Å². The van der Waals surface area contributed by atoms with E-state index in [1.165, 1.54) is 21.6 Å².